The van der Waals surface area contributed by atoms with Crippen LogP contribution in [0.25, 0.3) is 11.1 Å². The second-order valence-corrected chi connectivity index (χ2v) is 11.5. The Morgan fingerprint density at radius 1 is 0.975 bits per heavy atom. The SMILES string of the molecule is CS(=O)(=O)c1ccc(-c2ccc(OCC3CCN(Cc4ccc(C#N)cc4)CC3)cc2)cc1.O=C(O)C(F)(F)F. The Morgan fingerprint density at radius 3 is 1.93 bits per heavy atom. The van der Waals surface area contributed by atoms with Crippen molar-refractivity contribution >= 4 is 15.8 Å². The highest BCUT2D eigenvalue weighted by atomic mass is 32.2. The first kappa shape index (κ1) is 30.7. The van der Waals surface area contributed by atoms with E-state index in [2.05, 4.69) is 11.0 Å². The highest BCUT2D eigenvalue weighted by Crippen LogP contribution is 2.25. The van der Waals surface area contributed by atoms with E-state index >= 15 is 0 Å². The second-order valence-electron chi connectivity index (χ2n) is 9.46. The molecule has 0 spiro atoms. The monoisotopic (exact) mass is 574 g/mol. The standard InChI is InChI=1S/C27H28N2O3S.C2HF3O2/c1-33(30,31)27-12-8-25(9-13-27)24-6-10-26(11-7-24)32-20-23-14-16-29(17-15-23)19-22-4-2-21(18-28)3-5-22;3-2(4,5)1(6)7/h2-13,23H,14-17,19-20H2,1H3;(H,6,7). The predicted octanol–water partition coefficient (Wildman–Crippen LogP) is 5.55. The van der Waals surface area contributed by atoms with Gasteiger partial charge in [-0.1, -0.05) is 36.4 Å². The molecule has 3 aromatic rings. The molecule has 1 aliphatic heterocycles. The molecule has 0 aromatic heterocycles. The van der Waals surface area contributed by atoms with Gasteiger partial charge in [-0.15, -0.1) is 0 Å². The minimum Gasteiger partial charge on any atom is -0.493 e. The summed E-state index contributed by atoms with van der Waals surface area (Å²) in [6.07, 6.45) is -1.64. The Hall–Kier alpha value is -3.88. The minimum atomic E-state index is -5.08. The highest BCUT2D eigenvalue weighted by molar-refractivity contribution is 7.90. The molecule has 1 saturated heterocycles. The van der Waals surface area contributed by atoms with Crippen LogP contribution in [0.1, 0.15) is 24.0 Å². The van der Waals surface area contributed by atoms with Gasteiger partial charge in [0.05, 0.1) is 23.1 Å². The number of hydrogen-bond donors (Lipinski definition) is 1. The fourth-order valence-electron chi connectivity index (χ4n) is 4.11. The number of carbonyl (C=O) groups is 1. The van der Waals surface area contributed by atoms with Crippen molar-refractivity contribution < 1.29 is 36.2 Å². The summed E-state index contributed by atoms with van der Waals surface area (Å²) in [5.41, 5.74) is 3.95. The van der Waals surface area contributed by atoms with Gasteiger partial charge in [-0.05, 0) is 84.9 Å². The van der Waals surface area contributed by atoms with Crippen LogP contribution in [-0.2, 0) is 21.2 Å². The molecule has 0 aliphatic carbocycles. The lowest BCUT2D eigenvalue weighted by molar-refractivity contribution is -0.192. The molecule has 0 bridgehead atoms. The van der Waals surface area contributed by atoms with Crippen LogP contribution < -0.4 is 4.74 Å². The average Bonchev–Trinajstić information content (AvgIpc) is 2.93. The zero-order chi connectivity index (χ0) is 29.3. The summed E-state index contributed by atoms with van der Waals surface area (Å²) < 4.78 is 61.0. The van der Waals surface area contributed by atoms with Crippen molar-refractivity contribution in [2.45, 2.75) is 30.5 Å². The molecule has 1 N–H and O–H groups in total. The zero-order valence-electron chi connectivity index (χ0n) is 21.8. The third kappa shape index (κ3) is 9.39. The molecule has 0 unspecified atom stereocenters. The quantitative estimate of drug-likeness (QED) is 0.394. The molecule has 7 nitrogen and oxygen atoms in total. The lowest BCUT2D eigenvalue weighted by Crippen LogP contribution is -2.35. The summed E-state index contributed by atoms with van der Waals surface area (Å²) in [6.45, 7) is 3.74. The van der Waals surface area contributed by atoms with E-state index in [1.165, 1.54) is 11.8 Å². The summed E-state index contributed by atoms with van der Waals surface area (Å²) in [5, 5.41) is 16.0. The molecule has 4 rings (SSSR count). The van der Waals surface area contributed by atoms with Gasteiger partial charge in [-0.25, -0.2) is 13.2 Å². The highest BCUT2D eigenvalue weighted by Gasteiger charge is 2.38. The Labute approximate surface area is 231 Å². The van der Waals surface area contributed by atoms with Crippen LogP contribution in [-0.4, -0.2) is 56.5 Å². The van der Waals surface area contributed by atoms with Crippen LogP contribution in [0.5, 0.6) is 5.75 Å². The Kier molecular flexibility index (Phi) is 10.3. The molecular weight excluding hydrogens is 545 g/mol. The normalized spacial score (nSPS) is 14.5. The van der Waals surface area contributed by atoms with E-state index in [0.29, 0.717) is 23.0 Å². The van der Waals surface area contributed by atoms with Crippen molar-refractivity contribution in [3.63, 3.8) is 0 Å². The number of alkyl halides is 3. The van der Waals surface area contributed by atoms with E-state index < -0.39 is 22.0 Å². The van der Waals surface area contributed by atoms with E-state index in [1.807, 2.05) is 60.7 Å². The summed E-state index contributed by atoms with van der Waals surface area (Å²) >= 11 is 0. The summed E-state index contributed by atoms with van der Waals surface area (Å²) in [7, 11) is -3.18. The predicted molar refractivity (Wildman–Crippen MR) is 143 cm³/mol. The number of rotatable bonds is 7. The number of piperidine rings is 1. The maximum absolute atomic E-state index is 11.6. The van der Waals surface area contributed by atoms with E-state index in [0.717, 1.165) is 49.4 Å². The Morgan fingerprint density at radius 2 is 1.48 bits per heavy atom. The van der Waals surface area contributed by atoms with Gasteiger partial charge in [0.25, 0.3) is 0 Å². The molecule has 0 saturated carbocycles. The van der Waals surface area contributed by atoms with Crippen molar-refractivity contribution in [2.75, 3.05) is 26.0 Å². The first-order chi connectivity index (χ1) is 18.8. The minimum absolute atomic E-state index is 0.328. The summed E-state index contributed by atoms with van der Waals surface area (Å²) in [6, 6.07) is 24.9. The van der Waals surface area contributed by atoms with E-state index in [9.17, 15) is 21.6 Å². The lowest BCUT2D eigenvalue weighted by atomic mass is 9.97. The zero-order valence-corrected chi connectivity index (χ0v) is 22.6. The van der Waals surface area contributed by atoms with E-state index in [-0.39, 0.29) is 0 Å². The largest absolute Gasteiger partial charge is 0.493 e. The fraction of sp³-hybridized carbons (Fsp3) is 0.310. The molecule has 1 aliphatic rings. The van der Waals surface area contributed by atoms with Crippen LogP contribution in [0.3, 0.4) is 0 Å². The van der Waals surface area contributed by atoms with Crippen molar-refractivity contribution in [1.82, 2.24) is 4.90 Å². The molecule has 0 radical (unpaired) electrons. The van der Waals surface area contributed by atoms with E-state index in [4.69, 9.17) is 19.9 Å². The number of carboxylic acids is 1. The van der Waals surface area contributed by atoms with Gasteiger partial charge in [0.2, 0.25) is 0 Å². The topological polar surface area (TPSA) is 108 Å². The van der Waals surface area contributed by atoms with Gasteiger partial charge in [-0.2, -0.15) is 18.4 Å². The first-order valence-electron chi connectivity index (χ1n) is 12.4. The smallest absolute Gasteiger partial charge is 0.490 e. The molecule has 0 atom stereocenters. The maximum atomic E-state index is 11.6. The number of hydrogen-bond acceptors (Lipinski definition) is 6. The van der Waals surface area contributed by atoms with Crippen LogP contribution in [0.15, 0.2) is 77.7 Å². The lowest BCUT2D eigenvalue weighted by Gasteiger charge is -2.31. The van der Waals surface area contributed by atoms with Crippen LogP contribution in [0.2, 0.25) is 0 Å². The summed E-state index contributed by atoms with van der Waals surface area (Å²) in [5.74, 6) is -1.36. The first-order valence-corrected chi connectivity index (χ1v) is 14.3. The number of halogens is 3. The average molecular weight is 575 g/mol. The van der Waals surface area contributed by atoms with Gasteiger partial charge in [0, 0.05) is 12.8 Å². The maximum Gasteiger partial charge on any atom is 0.490 e. The molecule has 40 heavy (non-hydrogen) atoms. The molecule has 1 heterocycles. The van der Waals surface area contributed by atoms with Crippen LogP contribution in [0, 0.1) is 17.2 Å². The number of ether oxygens (including phenoxy) is 1. The number of nitriles is 1. The van der Waals surface area contributed by atoms with Crippen LogP contribution >= 0.6 is 0 Å². The fourth-order valence-corrected chi connectivity index (χ4v) is 4.74. The van der Waals surface area contributed by atoms with Crippen LogP contribution in [0.4, 0.5) is 13.2 Å². The van der Waals surface area contributed by atoms with Crippen molar-refractivity contribution in [1.29, 1.82) is 5.26 Å². The van der Waals surface area contributed by atoms with Gasteiger partial charge in [0.15, 0.2) is 9.84 Å². The Balaban J connectivity index is 0.000000559. The number of carboxylic acid groups (broad SMARTS) is 1. The number of sulfone groups is 1. The van der Waals surface area contributed by atoms with Gasteiger partial charge in [0.1, 0.15) is 5.75 Å². The molecule has 11 heteroatoms. The van der Waals surface area contributed by atoms with Crippen molar-refractivity contribution in [3.8, 4) is 22.9 Å². The summed E-state index contributed by atoms with van der Waals surface area (Å²) in [4.78, 5) is 11.7. The van der Waals surface area contributed by atoms with Crippen molar-refractivity contribution in [2.24, 2.45) is 5.92 Å². The number of likely N-dealkylation sites (tertiary alicyclic amines) is 1. The molecule has 1 fully saturated rings. The molecule has 0 amide bonds. The van der Waals surface area contributed by atoms with Crippen molar-refractivity contribution in [3.05, 3.63) is 83.9 Å². The Bertz CT molecular complexity index is 1410. The van der Waals surface area contributed by atoms with Gasteiger partial charge < -0.3 is 9.84 Å². The molecular formula is C29H29F3N2O5S. The third-order valence-electron chi connectivity index (χ3n) is 6.39. The third-order valence-corrected chi connectivity index (χ3v) is 7.52. The second kappa shape index (κ2) is 13.5. The number of aliphatic carboxylic acids is 1. The van der Waals surface area contributed by atoms with E-state index in [1.54, 1.807) is 12.1 Å². The molecule has 3 aromatic carbocycles. The number of benzene rings is 3. The molecule has 212 valence electrons. The number of nitrogens with zero attached hydrogens (tertiary/aromatic N) is 2. The van der Waals surface area contributed by atoms with Gasteiger partial charge >= 0.3 is 12.1 Å². The van der Waals surface area contributed by atoms with Gasteiger partial charge in [-0.3, -0.25) is 4.90 Å².